The average molecular weight is 245 g/mol. The van der Waals surface area contributed by atoms with E-state index in [1.54, 1.807) is 6.08 Å². The van der Waals surface area contributed by atoms with Gasteiger partial charge in [-0.15, -0.1) is 0 Å². The van der Waals surface area contributed by atoms with E-state index in [9.17, 15) is 8.76 Å². The molecule has 0 aromatic heterocycles. The van der Waals surface area contributed by atoms with Crippen molar-refractivity contribution in [2.24, 2.45) is 0 Å². The molecule has 0 aliphatic heterocycles. The fourth-order valence-corrected chi connectivity index (χ4v) is 1.95. The first-order valence-corrected chi connectivity index (χ1v) is 7.72. The molecule has 0 aliphatic carbocycles. The summed E-state index contributed by atoms with van der Waals surface area (Å²) in [5.74, 6) is 0.164. The second-order valence-corrected chi connectivity index (χ2v) is 5.15. The van der Waals surface area contributed by atoms with Gasteiger partial charge in [0.2, 0.25) is 0 Å². The van der Waals surface area contributed by atoms with Crippen LogP contribution < -0.4 is 0 Å². The zero-order chi connectivity index (χ0) is 12.1. The predicted molar refractivity (Wildman–Crippen MR) is 70.2 cm³/mol. The number of rotatable bonds is 11. The molecule has 0 rings (SSSR count). The largest absolute Gasteiger partial charge is 0.772 e. The standard InChI is InChI=1S/C13H26O2S/c1-2-3-4-5-6-7-8-9-10-11-12-13-16(14)15/h11-12H,2-10,13H2,1H3,(H,14,15)/p-1. The van der Waals surface area contributed by atoms with Crippen molar-refractivity contribution in [2.45, 2.75) is 64.7 Å². The molecule has 16 heavy (non-hydrogen) atoms. The third-order valence-electron chi connectivity index (χ3n) is 2.62. The highest BCUT2D eigenvalue weighted by atomic mass is 32.2. The first kappa shape index (κ1) is 15.9. The highest BCUT2D eigenvalue weighted by Gasteiger charge is 1.90. The summed E-state index contributed by atoms with van der Waals surface area (Å²) in [6, 6.07) is 0. The van der Waals surface area contributed by atoms with Gasteiger partial charge in [0.25, 0.3) is 0 Å². The molecular weight excluding hydrogens is 220 g/mol. The molecule has 3 heteroatoms. The molecule has 0 radical (unpaired) electrons. The first-order valence-electron chi connectivity index (χ1n) is 6.48. The van der Waals surface area contributed by atoms with Crippen LogP contribution in [0.5, 0.6) is 0 Å². The van der Waals surface area contributed by atoms with Gasteiger partial charge in [0.15, 0.2) is 0 Å². The molecule has 0 saturated heterocycles. The van der Waals surface area contributed by atoms with Crippen LogP contribution in [0.4, 0.5) is 0 Å². The van der Waals surface area contributed by atoms with Crippen LogP contribution in [-0.2, 0) is 11.1 Å². The zero-order valence-corrected chi connectivity index (χ0v) is 11.3. The van der Waals surface area contributed by atoms with E-state index >= 15 is 0 Å². The van der Waals surface area contributed by atoms with Crippen molar-refractivity contribution in [3.05, 3.63) is 12.2 Å². The molecule has 2 nitrogen and oxygen atoms in total. The Balaban J connectivity index is 3.03. The van der Waals surface area contributed by atoms with Crippen LogP contribution >= 0.6 is 0 Å². The van der Waals surface area contributed by atoms with Crippen molar-refractivity contribution in [1.82, 2.24) is 0 Å². The summed E-state index contributed by atoms with van der Waals surface area (Å²) in [4.78, 5) is 0. The van der Waals surface area contributed by atoms with Crippen LogP contribution in [-0.4, -0.2) is 14.5 Å². The molecule has 0 aromatic rings. The number of hydrogen-bond donors (Lipinski definition) is 0. The van der Waals surface area contributed by atoms with E-state index in [1.807, 2.05) is 6.08 Å². The van der Waals surface area contributed by atoms with Crippen molar-refractivity contribution in [3.63, 3.8) is 0 Å². The second-order valence-electron chi connectivity index (χ2n) is 4.21. The van der Waals surface area contributed by atoms with Crippen LogP contribution in [0.15, 0.2) is 12.2 Å². The molecule has 0 amide bonds. The van der Waals surface area contributed by atoms with Crippen molar-refractivity contribution in [3.8, 4) is 0 Å². The maximum atomic E-state index is 10.2. The third-order valence-corrected chi connectivity index (χ3v) is 3.09. The first-order chi connectivity index (χ1) is 7.77. The fraction of sp³-hybridized carbons (Fsp3) is 0.846. The molecule has 96 valence electrons. The van der Waals surface area contributed by atoms with E-state index < -0.39 is 11.1 Å². The smallest absolute Gasteiger partial charge is 0.0282 e. The Labute approximate surface area is 103 Å². The molecule has 0 N–H and O–H groups in total. The quantitative estimate of drug-likeness (QED) is 0.314. The predicted octanol–water partition coefficient (Wildman–Crippen LogP) is 3.95. The minimum Gasteiger partial charge on any atom is -0.772 e. The molecule has 1 unspecified atom stereocenters. The second kappa shape index (κ2) is 12.9. The van der Waals surface area contributed by atoms with Crippen molar-refractivity contribution in [2.75, 3.05) is 5.75 Å². The van der Waals surface area contributed by atoms with Gasteiger partial charge < -0.3 is 4.55 Å². The maximum absolute atomic E-state index is 10.2. The van der Waals surface area contributed by atoms with Gasteiger partial charge >= 0.3 is 0 Å². The van der Waals surface area contributed by atoms with Crippen LogP contribution in [0, 0.1) is 0 Å². The van der Waals surface area contributed by atoms with Gasteiger partial charge in [-0.3, -0.25) is 4.21 Å². The highest BCUT2D eigenvalue weighted by Crippen LogP contribution is 2.09. The van der Waals surface area contributed by atoms with E-state index in [0.717, 1.165) is 6.42 Å². The molecule has 0 spiro atoms. The Morgan fingerprint density at radius 1 is 0.938 bits per heavy atom. The van der Waals surface area contributed by atoms with Crippen LogP contribution in [0.25, 0.3) is 0 Å². The minimum absolute atomic E-state index is 0.164. The molecule has 0 aliphatic rings. The average Bonchev–Trinajstić information content (AvgIpc) is 2.25. The van der Waals surface area contributed by atoms with E-state index in [-0.39, 0.29) is 5.75 Å². The normalized spacial score (nSPS) is 13.4. The summed E-state index contributed by atoms with van der Waals surface area (Å²) in [6.45, 7) is 2.24. The summed E-state index contributed by atoms with van der Waals surface area (Å²) in [7, 11) is 0. The summed E-state index contributed by atoms with van der Waals surface area (Å²) in [6.07, 6.45) is 15.3. The molecule has 0 aromatic carbocycles. The Morgan fingerprint density at radius 3 is 2.06 bits per heavy atom. The lowest BCUT2D eigenvalue weighted by Crippen LogP contribution is -1.89. The topological polar surface area (TPSA) is 40.1 Å². The Kier molecular flexibility index (Phi) is 12.8. The van der Waals surface area contributed by atoms with Gasteiger partial charge in [0.05, 0.1) is 0 Å². The molecule has 1 atom stereocenters. The molecule has 0 heterocycles. The maximum Gasteiger partial charge on any atom is 0.0282 e. The number of hydrogen-bond acceptors (Lipinski definition) is 2. The van der Waals surface area contributed by atoms with Gasteiger partial charge in [-0.1, -0.05) is 75.1 Å². The van der Waals surface area contributed by atoms with Gasteiger partial charge in [0, 0.05) is 5.75 Å². The third kappa shape index (κ3) is 13.8. The Hall–Kier alpha value is -0.150. The van der Waals surface area contributed by atoms with Crippen molar-refractivity contribution >= 4 is 11.1 Å². The lowest BCUT2D eigenvalue weighted by atomic mass is 10.1. The SMILES string of the molecule is CCCCCCCCCCC=CCS(=O)[O-]. The van der Waals surface area contributed by atoms with Crippen LogP contribution in [0.3, 0.4) is 0 Å². The van der Waals surface area contributed by atoms with Crippen molar-refractivity contribution in [1.29, 1.82) is 0 Å². The van der Waals surface area contributed by atoms with Gasteiger partial charge in [0.1, 0.15) is 0 Å². The molecular formula is C13H25O2S-. The van der Waals surface area contributed by atoms with Gasteiger partial charge in [-0.05, 0) is 12.8 Å². The molecule has 0 fully saturated rings. The van der Waals surface area contributed by atoms with Crippen LogP contribution in [0.1, 0.15) is 64.7 Å². The Morgan fingerprint density at radius 2 is 1.50 bits per heavy atom. The highest BCUT2D eigenvalue weighted by molar-refractivity contribution is 7.79. The molecule has 0 saturated carbocycles. The Bertz CT molecular complexity index is 190. The summed E-state index contributed by atoms with van der Waals surface area (Å²) in [5, 5.41) is 0. The fourth-order valence-electron chi connectivity index (χ4n) is 1.66. The number of allylic oxidation sites excluding steroid dienone is 1. The lowest BCUT2D eigenvalue weighted by Gasteiger charge is -2.00. The summed E-state index contributed by atoms with van der Waals surface area (Å²) >= 11 is -1.92. The van der Waals surface area contributed by atoms with Gasteiger partial charge in [-0.2, -0.15) is 0 Å². The van der Waals surface area contributed by atoms with E-state index in [2.05, 4.69) is 6.92 Å². The van der Waals surface area contributed by atoms with E-state index in [1.165, 1.54) is 51.4 Å². The lowest BCUT2D eigenvalue weighted by molar-refractivity contribution is 0.540. The van der Waals surface area contributed by atoms with Crippen LogP contribution in [0.2, 0.25) is 0 Å². The number of unbranched alkanes of at least 4 members (excludes halogenated alkanes) is 8. The summed E-state index contributed by atoms with van der Waals surface area (Å²) in [5.41, 5.74) is 0. The van der Waals surface area contributed by atoms with E-state index in [0.29, 0.717) is 0 Å². The van der Waals surface area contributed by atoms with Crippen molar-refractivity contribution < 1.29 is 8.76 Å². The summed E-state index contributed by atoms with van der Waals surface area (Å²) < 4.78 is 20.4. The van der Waals surface area contributed by atoms with E-state index in [4.69, 9.17) is 0 Å². The monoisotopic (exact) mass is 245 g/mol. The zero-order valence-electron chi connectivity index (χ0n) is 10.5. The minimum atomic E-state index is -1.92. The molecule has 0 bridgehead atoms. The van der Waals surface area contributed by atoms with Gasteiger partial charge in [-0.25, -0.2) is 0 Å².